The first-order chi connectivity index (χ1) is 5.75. The molecule has 0 aromatic heterocycles. The molecule has 0 aromatic rings. The van der Waals surface area contributed by atoms with Crippen molar-refractivity contribution in [2.75, 3.05) is 12.3 Å². The van der Waals surface area contributed by atoms with Crippen LogP contribution >= 0.6 is 0 Å². The Morgan fingerprint density at radius 2 is 1.85 bits per heavy atom. The van der Waals surface area contributed by atoms with Crippen molar-refractivity contribution in [3.05, 3.63) is 0 Å². The van der Waals surface area contributed by atoms with E-state index in [2.05, 4.69) is 13.8 Å². The Morgan fingerprint density at radius 1 is 1.31 bits per heavy atom. The van der Waals surface area contributed by atoms with Crippen LogP contribution in [0.25, 0.3) is 0 Å². The van der Waals surface area contributed by atoms with Gasteiger partial charge in [-0.25, -0.2) is 8.42 Å². The summed E-state index contributed by atoms with van der Waals surface area (Å²) < 4.78 is 24.9. The first-order valence-electron chi connectivity index (χ1n) is 4.74. The smallest absolute Gasteiger partial charge is 0.212 e. The van der Waals surface area contributed by atoms with Crippen LogP contribution in [0.15, 0.2) is 0 Å². The second kappa shape index (κ2) is 3.24. The average molecular weight is 205 g/mol. The van der Waals surface area contributed by atoms with E-state index in [0.717, 1.165) is 6.42 Å². The molecule has 0 N–H and O–H groups in total. The van der Waals surface area contributed by atoms with E-state index in [1.807, 2.05) is 13.8 Å². The molecule has 0 unspecified atom stereocenters. The molecule has 1 rings (SSSR count). The standard InChI is InChI=1S/C9H19NO2S/c1-8(2)10-7-9(3,4)5-6-13(10,11)12/h8H,5-7H2,1-4H3. The molecule has 0 aliphatic carbocycles. The summed E-state index contributed by atoms with van der Waals surface area (Å²) in [6.45, 7) is 8.76. The predicted molar refractivity (Wildman–Crippen MR) is 54.0 cm³/mol. The van der Waals surface area contributed by atoms with Crippen LogP contribution < -0.4 is 0 Å². The van der Waals surface area contributed by atoms with Crippen LogP contribution in [-0.2, 0) is 10.0 Å². The second-order valence-corrected chi connectivity index (χ2v) is 6.91. The van der Waals surface area contributed by atoms with E-state index in [-0.39, 0.29) is 11.5 Å². The van der Waals surface area contributed by atoms with Gasteiger partial charge in [0.25, 0.3) is 0 Å². The Balaban J connectivity index is 2.89. The van der Waals surface area contributed by atoms with Gasteiger partial charge >= 0.3 is 0 Å². The van der Waals surface area contributed by atoms with E-state index < -0.39 is 10.0 Å². The maximum Gasteiger partial charge on any atom is 0.214 e. The van der Waals surface area contributed by atoms with Crippen molar-refractivity contribution >= 4 is 10.0 Å². The van der Waals surface area contributed by atoms with Gasteiger partial charge < -0.3 is 0 Å². The molecule has 1 saturated heterocycles. The van der Waals surface area contributed by atoms with Crippen LogP contribution in [0.1, 0.15) is 34.1 Å². The number of nitrogens with zero attached hydrogens (tertiary/aromatic N) is 1. The molecule has 0 amide bonds. The molecule has 13 heavy (non-hydrogen) atoms. The lowest BCUT2D eigenvalue weighted by Gasteiger charge is -2.39. The summed E-state index contributed by atoms with van der Waals surface area (Å²) >= 11 is 0. The van der Waals surface area contributed by atoms with Gasteiger partial charge in [0.1, 0.15) is 0 Å². The third kappa shape index (κ3) is 2.44. The molecule has 3 nitrogen and oxygen atoms in total. The molecule has 0 saturated carbocycles. The number of hydrogen-bond acceptors (Lipinski definition) is 2. The maximum atomic E-state index is 11.6. The van der Waals surface area contributed by atoms with Crippen LogP contribution in [0.5, 0.6) is 0 Å². The minimum Gasteiger partial charge on any atom is -0.212 e. The van der Waals surface area contributed by atoms with Gasteiger partial charge in [-0.15, -0.1) is 0 Å². The Morgan fingerprint density at radius 3 is 2.23 bits per heavy atom. The molecule has 4 heteroatoms. The van der Waals surface area contributed by atoms with Crippen molar-refractivity contribution < 1.29 is 8.42 Å². The second-order valence-electron chi connectivity index (χ2n) is 4.87. The Bertz CT molecular complexity index is 280. The van der Waals surface area contributed by atoms with Crippen molar-refractivity contribution in [3.8, 4) is 0 Å². The lowest BCUT2D eigenvalue weighted by Crippen LogP contribution is -2.49. The van der Waals surface area contributed by atoms with Gasteiger partial charge in [-0.05, 0) is 25.7 Å². The molecule has 0 aromatic carbocycles. The summed E-state index contributed by atoms with van der Waals surface area (Å²) in [6, 6.07) is 0.0876. The lowest BCUT2D eigenvalue weighted by atomic mass is 9.90. The van der Waals surface area contributed by atoms with E-state index in [1.54, 1.807) is 4.31 Å². The number of sulfonamides is 1. The van der Waals surface area contributed by atoms with Gasteiger partial charge in [0, 0.05) is 12.6 Å². The molecular formula is C9H19NO2S. The fourth-order valence-electron chi connectivity index (χ4n) is 1.63. The summed E-state index contributed by atoms with van der Waals surface area (Å²) in [4.78, 5) is 0. The van der Waals surface area contributed by atoms with Gasteiger partial charge in [-0.3, -0.25) is 0 Å². The molecular weight excluding hydrogens is 186 g/mol. The zero-order valence-corrected chi connectivity index (χ0v) is 9.69. The summed E-state index contributed by atoms with van der Waals surface area (Å²) in [5, 5.41) is 0. The molecule has 78 valence electrons. The van der Waals surface area contributed by atoms with E-state index in [0.29, 0.717) is 12.3 Å². The quantitative estimate of drug-likeness (QED) is 0.650. The number of rotatable bonds is 1. The Kier molecular flexibility index (Phi) is 2.74. The van der Waals surface area contributed by atoms with Gasteiger partial charge in [-0.1, -0.05) is 13.8 Å². The molecule has 0 atom stereocenters. The SMILES string of the molecule is CC(C)N1CC(C)(C)CCS1(=O)=O. The van der Waals surface area contributed by atoms with Crippen LogP contribution in [0.4, 0.5) is 0 Å². The molecule has 1 aliphatic heterocycles. The van der Waals surface area contributed by atoms with Crippen molar-refractivity contribution in [2.24, 2.45) is 5.41 Å². The molecule has 0 radical (unpaired) electrons. The maximum absolute atomic E-state index is 11.6. The highest BCUT2D eigenvalue weighted by Crippen LogP contribution is 2.30. The minimum absolute atomic E-state index is 0.0876. The molecule has 0 bridgehead atoms. The summed E-state index contributed by atoms with van der Waals surface area (Å²) in [6.07, 6.45) is 0.776. The van der Waals surface area contributed by atoms with Crippen molar-refractivity contribution in [2.45, 2.75) is 40.2 Å². The highest BCUT2D eigenvalue weighted by atomic mass is 32.2. The van der Waals surface area contributed by atoms with Crippen LogP contribution in [0.2, 0.25) is 0 Å². The predicted octanol–water partition coefficient (Wildman–Crippen LogP) is 1.46. The van der Waals surface area contributed by atoms with Crippen molar-refractivity contribution in [3.63, 3.8) is 0 Å². The van der Waals surface area contributed by atoms with Gasteiger partial charge in [0.2, 0.25) is 10.0 Å². The van der Waals surface area contributed by atoms with Crippen LogP contribution in [0.3, 0.4) is 0 Å². The van der Waals surface area contributed by atoms with Crippen LogP contribution in [-0.4, -0.2) is 31.1 Å². The fraction of sp³-hybridized carbons (Fsp3) is 1.00. The third-order valence-electron chi connectivity index (χ3n) is 2.55. The van der Waals surface area contributed by atoms with E-state index in [4.69, 9.17) is 0 Å². The first kappa shape index (κ1) is 11.0. The molecule has 0 spiro atoms. The zero-order chi connectivity index (χ0) is 10.3. The summed E-state index contributed by atoms with van der Waals surface area (Å²) in [5.41, 5.74) is 0.135. The first-order valence-corrected chi connectivity index (χ1v) is 6.35. The monoisotopic (exact) mass is 205 g/mol. The van der Waals surface area contributed by atoms with Gasteiger partial charge in [-0.2, -0.15) is 4.31 Å². The summed E-state index contributed by atoms with van der Waals surface area (Å²) in [7, 11) is -2.96. The summed E-state index contributed by atoms with van der Waals surface area (Å²) in [5.74, 6) is 0.304. The largest absolute Gasteiger partial charge is 0.214 e. The van der Waals surface area contributed by atoms with Crippen LogP contribution in [0, 0.1) is 5.41 Å². The zero-order valence-electron chi connectivity index (χ0n) is 8.87. The number of hydrogen-bond donors (Lipinski definition) is 0. The molecule has 1 fully saturated rings. The van der Waals surface area contributed by atoms with E-state index in [1.165, 1.54) is 0 Å². The van der Waals surface area contributed by atoms with Gasteiger partial charge in [0.05, 0.1) is 5.75 Å². The Hall–Kier alpha value is -0.0900. The topological polar surface area (TPSA) is 37.4 Å². The normalized spacial score (nSPS) is 27.8. The lowest BCUT2D eigenvalue weighted by molar-refractivity contribution is 0.206. The third-order valence-corrected chi connectivity index (χ3v) is 4.54. The average Bonchev–Trinajstić information content (AvgIpc) is 1.95. The Labute approximate surface area is 81.2 Å². The highest BCUT2D eigenvalue weighted by Gasteiger charge is 2.37. The highest BCUT2D eigenvalue weighted by molar-refractivity contribution is 7.89. The molecule has 1 heterocycles. The van der Waals surface area contributed by atoms with Crippen molar-refractivity contribution in [1.29, 1.82) is 0 Å². The van der Waals surface area contributed by atoms with E-state index >= 15 is 0 Å². The van der Waals surface area contributed by atoms with E-state index in [9.17, 15) is 8.42 Å². The van der Waals surface area contributed by atoms with Gasteiger partial charge in [0.15, 0.2) is 0 Å². The fourth-order valence-corrected chi connectivity index (χ4v) is 3.86. The minimum atomic E-state index is -2.96. The molecule has 1 aliphatic rings. The van der Waals surface area contributed by atoms with Crippen molar-refractivity contribution in [1.82, 2.24) is 4.31 Å².